The minimum atomic E-state index is -1.80. The standard InChI is InChI=1S/C46H62N14O12S2/c47-27-23-73-74-24-33(45(72)60-18-8-14-34(60)44(71)55-28(13-7-17-52-46(50)51)39(66)53-22-37(63)64)59-43(70)32(21-36(49)62)58-40(67)29(15-16-35(48)61)54-41(68)31(20-26-11-5-2-6-12-26)57-42(69)30(56-38(27)65)19-25-9-3-1-4-10-25/h1-6,8-12,14,27-34H,7,13,15-24,47H2,(H2,48,61)(H2,49,62)(H,53,66)(H,54,68)(H,55,71)(H,56,65)(H,57,69)(H,58,67)(H,59,70)(H,63,64)(H4,50,51,52)/t27-,28-,29-,30-,31-,32-,33-,34-/m0/s1. The van der Waals surface area contributed by atoms with Crippen molar-refractivity contribution in [3.05, 3.63) is 83.9 Å². The Hall–Kier alpha value is -7.72. The van der Waals surface area contributed by atoms with E-state index in [-0.39, 0.29) is 56.2 Å². The van der Waals surface area contributed by atoms with Crippen LogP contribution in [0.25, 0.3) is 0 Å². The number of nitrogens with zero attached hydrogens (tertiary/aromatic N) is 2. The molecule has 2 aliphatic rings. The van der Waals surface area contributed by atoms with Gasteiger partial charge >= 0.3 is 5.97 Å². The molecule has 0 saturated carbocycles. The molecule has 2 aromatic rings. The van der Waals surface area contributed by atoms with E-state index in [1.165, 1.54) is 12.2 Å². The molecule has 0 aromatic heterocycles. The summed E-state index contributed by atoms with van der Waals surface area (Å²) in [5, 5.41) is 26.7. The van der Waals surface area contributed by atoms with Crippen molar-refractivity contribution in [2.45, 2.75) is 93.3 Å². The highest BCUT2D eigenvalue weighted by molar-refractivity contribution is 8.76. The summed E-state index contributed by atoms with van der Waals surface area (Å²) < 4.78 is 0. The second kappa shape index (κ2) is 29.7. The number of primary amides is 2. The van der Waals surface area contributed by atoms with Gasteiger partial charge in [0.05, 0.1) is 12.5 Å². The molecule has 74 heavy (non-hydrogen) atoms. The monoisotopic (exact) mass is 1070 g/mol. The molecule has 400 valence electrons. The maximum Gasteiger partial charge on any atom is 0.322 e. The predicted octanol–water partition coefficient (Wildman–Crippen LogP) is -4.73. The van der Waals surface area contributed by atoms with E-state index in [1.54, 1.807) is 60.7 Å². The third-order valence-corrected chi connectivity index (χ3v) is 13.6. The molecule has 0 bridgehead atoms. The fourth-order valence-electron chi connectivity index (χ4n) is 7.43. The van der Waals surface area contributed by atoms with Crippen LogP contribution in [0.15, 0.2) is 77.8 Å². The maximum absolute atomic E-state index is 14.5. The molecule has 0 spiro atoms. The lowest BCUT2D eigenvalue weighted by Crippen LogP contribution is -2.61. The third-order valence-electron chi connectivity index (χ3n) is 11.2. The largest absolute Gasteiger partial charge is 0.480 e. The van der Waals surface area contributed by atoms with E-state index in [0.717, 1.165) is 26.5 Å². The van der Waals surface area contributed by atoms with E-state index < -0.39 is 139 Å². The van der Waals surface area contributed by atoms with Gasteiger partial charge in [-0.05, 0) is 30.4 Å². The highest BCUT2D eigenvalue weighted by Gasteiger charge is 2.39. The summed E-state index contributed by atoms with van der Waals surface area (Å²) in [6.07, 6.45) is 1.07. The van der Waals surface area contributed by atoms with Crippen molar-refractivity contribution in [1.82, 2.24) is 42.1 Å². The number of guanidine groups is 1. The number of benzene rings is 2. The summed E-state index contributed by atoms with van der Waals surface area (Å²) in [5.74, 6) is -11.2. The normalized spacial score (nSPS) is 22.5. The number of carboxylic acid groups (broad SMARTS) is 1. The lowest BCUT2D eigenvalue weighted by Gasteiger charge is -2.31. The van der Waals surface area contributed by atoms with Gasteiger partial charge in [-0.25, -0.2) is 0 Å². The first-order valence-electron chi connectivity index (χ1n) is 23.2. The van der Waals surface area contributed by atoms with Crippen molar-refractivity contribution in [3.8, 4) is 0 Å². The van der Waals surface area contributed by atoms with Gasteiger partial charge in [-0.3, -0.25) is 57.7 Å². The number of carbonyl (C=O) groups excluding carboxylic acids is 10. The van der Waals surface area contributed by atoms with Gasteiger partial charge in [-0.2, -0.15) is 0 Å². The Balaban J connectivity index is 1.70. The third kappa shape index (κ3) is 19.7. The van der Waals surface area contributed by atoms with E-state index in [2.05, 4.69) is 42.2 Å². The molecular weight excluding hydrogens is 1000 g/mol. The zero-order valence-electron chi connectivity index (χ0n) is 40.1. The lowest BCUT2D eigenvalue weighted by atomic mass is 10.0. The number of carbonyl (C=O) groups is 11. The first kappa shape index (κ1) is 58.8. The molecule has 0 radical (unpaired) electrons. The molecule has 2 aliphatic heterocycles. The van der Waals surface area contributed by atoms with E-state index in [4.69, 9.17) is 33.8 Å². The second-order valence-corrected chi connectivity index (χ2v) is 19.6. The number of amides is 10. The van der Waals surface area contributed by atoms with Gasteiger partial charge in [0.2, 0.25) is 59.1 Å². The summed E-state index contributed by atoms with van der Waals surface area (Å²) in [5.41, 5.74) is 29.3. The van der Waals surface area contributed by atoms with E-state index >= 15 is 0 Å². The molecule has 28 heteroatoms. The maximum atomic E-state index is 14.5. The predicted molar refractivity (Wildman–Crippen MR) is 272 cm³/mol. The van der Waals surface area contributed by atoms with E-state index in [9.17, 15) is 52.7 Å². The Morgan fingerprint density at radius 2 is 1.26 bits per heavy atom. The van der Waals surface area contributed by atoms with Crippen LogP contribution in [0.4, 0.5) is 0 Å². The molecular formula is C46H62N14O12S2. The number of nitrogens with one attached hydrogen (secondary N) is 7. The van der Waals surface area contributed by atoms with Crippen molar-refractivity contribution in [3.63, 3.8) is 0 Å². The minimum Gasteiger partial charge on any atom is -0.480 e. The summed E-state index contributed by atoms with van der Waals surface area (Å²) in [4.78, 5) is 153. The number of nitrogens with two attached hydrogens (primary N) is 5. The molecule has 1 saturated heterocycles. The fraction of sp³-hybridized carbons (Fsp3) is 0.435. The molecule has 2 aromatic carbocycles. The zero-order valence-corrected chi connectivity index (χ0v) is 41.7. The van der Waals surface area contributed by atoms with Crippen molar-refractivity contribution in [2.75, 3.05) is 31.1 Å². The number of aliphatic carboxylic acids is 1. The Morgan fingerprint density at radius 3 is 1.82 bits per heavy atom. The topological polar surface area (TPSA) is 438 Å². The van der Waals surface area contributed by atoms with E-state index in [1.807, 2.05) is 0 Å². The summed E-state index contributed by atoms with van der Waals surface area (Å²) >= 11 is 0. The second-order valence-electron chi connectivity index (χ2n) is 17.0. The Kier molecular flexibility index (Phi) is 23.6. The van der Waals surface area contributed by atoms with Gasteiger partial charge < -0.3 is 75.9 Å². The Labute approximate surface area is 433 Å². The Bertz CT molecular complexity index is 2410. The van der Waals surface area contributed by atoms with Gasteiger partial charge in [0.1, 0.15) is 48.8 Å². The zero-order chi connectivity index (χ0) is 54.3. The molecule has 26 nitrogen and oxygen atoms in total. The molecule has 8 atom stereocenters. The molecule has 4 rings (SSSR count). The van der Waals surface area contributed by atoms with Crippen molar-refractivity contribution < 1.29 is 57.8 Å². The van der Waals surface area contributed by atoms with E-state index in [0.29, 0.717) is 11.1 Å². The van der Waals surface area contributed by atoms with Crippen LogP contribution in [-0.2, 0) is 65.6 Å². The average Bonchev–Trinajstić information content (AvgIpc) is 3.86. The molecule has 18 N–H and O–H groups in total. The minimum absolute atomic E-state index is 0.0382. The van der Waals surface area contributed by atoms with Crippen LogP contribution in [0.2, 0.25) is 0 Å². The summed E-state index contributed by atoms with van der Waals surface area (Å²) in [6.45, 7) is -0.887. The van der Waals surface area contributed by atoms with Gasteiger partial charge in [0.25, 0.3) is 0 Å². The van der Waals surface area contributed by atoms with Gasteiger partial charge in [0.15, 0.2) is 5.96 Å². The van der Waals surface area contributed by atoms with Crippen LogP contribution < -0.4 is 65.9 Å². The van der Waals surface area contributed by atoms with Gasteiger partial charge in [0, 0.05) is 43.9 Å². The number of hydrogen-bond acceptors (Lipinski definition) is 15. The molecule has 10 amide bonds. The number of hydrogen-bond donors (Lipinski definition) is 13. The van der Waals surface area contributed by atoms with Crippen molar-refractivity contribution in [1.29, 1.82) is 0 Å². The highest BCUT2D eigenvalue weighted by atomic mass is 33.1. The van der Waals surface area contributed by atoms with Crippen LogP contribution in [0, 0.1) is 0 Å². The van der Waals surface area contributed by atoms with Crippen LogP contribution >= 0.6 is 21.6 Å². The molecule has 0 aliphatic carbocycles. The van der Waals surface area contributed by atoms with Crippen LogP contribution in [0.5, 0.6) is 0 Å². The van der Waals surface area contributed by atoms with Crippen LogP contribution in [0.3, 0.4) is 0 Å². The van der Waals surface area contributed by atoms with Gasteiger partial charge in [-0.15, -0.1) is 0 Å². The lowest BCUT2D eigenvalue weighted by molar-refractivity contribution is -0.142. The highest BCUT2D eigenvalue weighted by Crippen LogP contribution is 2.25. The first-order chi connectivity index (χ1) is 35.2. The quantitative estimate of drug-likeness (QED) is 0.0207. The van der Waals surface area contributed by atoms with Crippen molar-refractivity contribution >= 4 is 92.6 Å². The summed E-state index contributed by atoms with van der Waals surface area (Å²) in [7, 11) is 1.99. The molecule has 1 fully saturated rings. The number of carboxylic acids is 1. The fourth-order valence-corrected chi connectivity index (χ4v) is 9.71. The number of rotatable bonds is 19. The molecule has 0 unspecified atom stereocenters. The smallest absolute Gasteiger partial charge is 0.322 e. The molecule has 2 heterocycles. The number of aliphatic imine (C=N–C) groups is 1. The van der Waals surface area contributed by atoms with Crippen LogP contribution in [-0.4, -0.2) is 160 Å². The van der Waals surface area contributed by atoms with Gasteiger partial charge in [-0.1, -0.05) is 94.4 Å². The van der Waals surface area contributed by atoms with Crippen LogP contribution in [0.1, 0.15) is 43.2 Å². The SMILES string of the molecule is NC(=O)CC[C@@H]1NC(=O)[C@H](Cc2ccccc2)NC(=O)[C@H](Cc2ccccc2)NC(=O)[C@@H](N)CSSC[C@@H](C(=O)N2CC=C[C@H]2C(=O)N[C@@H](CCCN=C(N)N)C(=O)NCC(=O)O)NC(=O)[C@H](CC(N)=O)NC1=O. The van der Waals surface area contributed by atoms with Crippen molar-refractivity contribution in [2.24, 2.45) is 33.7 Å². The average molecular weight is 1070 g/mol. The summed E-state index contributed by atoms with van der Waals surface area (Å²) in [6, 6.07) is 5.57. The first-order valence-corrected chi connectivity index (χ1v) is 25.7. The Morgan fingerprint density at radius 1 is 0.716 bits per heavy atom.